The minimum absolute atomic E-state index is 0.284. The number of halogens is 2. The first-order valence-corrected chi connectivity index (χ1v) is 8.27. The van der Waals surface area contributed by atoms with E-state index in [2.05, 4.69) is 4.98 Å². The van der Waals surface area contributed by atoms with E-state index in [0.717, 1.165) is 0 Å². The highest BCUT2D eigenvalue weighted by molar-refractivity contribution is 7.92. The molecule has 1 heterocycles. The molecule has 1 atom stereocenters. The number of sulfone groups is 1. The molecule has 0 N–H and O–H groups in total. The standard InChI is InChI=1S/C13H13Cl2NO2S/c1-9(4-6-14)19(17,18)13-5-7-16-12-8-10(15)2-3-11(12)13/h2-3,5,7-9H,4,6H2,1H3. The molecule has 0 aliphatic carbocycles. The molecule has 0 saturated carbocycles. The van der Waals surface area contributed by atoms with E-state index in [9.17, 15) is 8.42 Å². The molecule has 0 aliphatic rings. The fourth-order valence-corrected chi connectivity index (χ4v) is 4.08. The van der Waals surface area contributed by atoms with Crippen molar-refractivity contribution in [2.24, 2.45) is 0 Å². The lowest BCUT2D eigenvalue weighted by Gasteiger charge is -2.13. The largest absolute Gasteiger partial charge is 0.256 e. The predicted molar refractivity (Wildman–Crippen MR) is 78.7 cm³/mol. The third-order valence-corrected chi connectivity index (χ3v) is 5.73. The smallest absolute Gasteiger partial charge is 0.181 e. The van der Waals surface area contributed by atoms with Gasteiger partial charge >= 0.3 is 0 Å². The highest BCUT2D eigenvalue weighted by Gasteiger charge is 2.24. The van der Waals surface area contributed by atoms with Gasteiger partial charge in [-0.1, -0.05) is 17.7 Å². The molecular weight excluding hydrogens is 305 g/mol. The Balaban J connectivity index is 2.63. The lowest BCUT2D eigenvalue weighted by Crippen LogP contribution is -2.18. The molecule has 0 bridgehead atoms. The van der Waals surface area contributed by atoms with Crippen molar-refractivity contribution in [2.45, 2.75) is 23.5 Å². The lowest BCUT2D eigenvalue weighted by molar-refractivity contribution is 0.582. The van der Waals surface area contributed by atoms with Gasteiger partial charge in [-0.25, -0.2) is 8.42 Å². The number of benzene rings is 1. The number of rotatable bonds is 4. The summed E-state index contributed by atoms with van der Waals surface area (Å²) in [5.74, 6) is 0.315. The molecule has 1 unspecified atom stereocenters. The molecule has 102 valence electrons. The minimum atomic E-state index is -3.41. The zero-order valence-corrected chi connectivity index (χ0v) is 12.6. The van der Waals surface area contributed by atoms with Gasteiger partial charge in [0.1, 0.15) is 0 Å². The summed E-state index contributed by atoms with van der Waals surface area (Å²) in [7, 11) is -3.41. The van der Waals surface area contributed by atoms with Crippen LogP contribution in [0.4, 0.5) is 0 Å². The summed E-state index contributed by atoms with van der Waals surface area (Å²) in [5, 5.41) is 0.600. The van der Waals surface area contributed by atoms with Crippen molar-refractivity contribution in [1.82, 2.24) is 4.98 Å². The van der Waals surface area contributed by atoms with Crippen LogP contribution in [0.3, 0.4) is 0 Å². The second-order valence-corrected chi connectivity index (χ2v) is 7.45. The van der Waals surface area contributed by atoms with Gasteiger partial charge in [0.15, 0.2) is 9.84 Å². The molecule has 3 nitrogen and oxygen atoms in total. The Hall–Kier alpha value is -0.840. The van der Waals surface area contributed by atoms with E-state index in [-0.39, 0.29) is 4.90 Å². The van der Waals surface area contributed by atoms with E-state index in [0.29, 0.717) is 28.2 Å². The number of hydrogen-bond acceptors (Lipinski definition) is 3. The van der Waals surface area contributed by atoms with E-state index in [1.54, 1.807) is 25.1 Å². The summed E-state index contributed by atoms with van der Waals surface area (Å²) >= 11 is 11.5. The van der Waals surface area contributed by atoms with Crippen molar-refractivity contribution >= 4 is 43.9 Å². The molecule has 0 spiro atoms. The lowest BCUT2D eigenvalue weighted by atomic mass is 10.2. The summed E-state index contributed by atoms with van der Waals surface area (Å²) in [5.41, 5.74) is 0.576. The van der Waals surface area contributed by atoms with Crippen LogP contribution in [0.1, 0.15) is 13.3 Å². The summed E-state index contributed by atoms with van der Waals surface area (Å²) < 4.78 is 25.0. The zero-order chi connectivity index (χ0) is 14.0. The maximum Gasteiger partial charge on any atom is 0.181 e. The Bertz CT molecular complexity index is 701. The van der Waals surface area contributed by atoms with Crippen molar-refractivity contribution in [3.05, 3.63) is 35.5 Å². The Morgan fingerprint density at radius 2 is 2.05 bits per heavy atom. The average Bonchev–Trinajstić information content (AvgIpc) is 2.37. The molecule has 0 saturated heterocycles. The van der Waals surface area contributed by atoms with E-state index in [1.807, 2.05) is 0 Å². The highest BCUT2D eigenvalue weighted by Crippen LogP contribution is 2.27. The maximum atomic E-state index is 12.5. The Kier molecular flexibility index (Phi) is 4.33. The Morgan fingerprint density at radius 3 is 2.74 bits per heavy atom. The number of fused-ring (bicyclic) bond motifs is 1. The topological polar surface area (TPSA) is 47.0 Å². The molecule has 1 aromatic heterocycles. The van der Waals surface area contributed by atoms with Crippen LogP contribution < -0.4 is 0 Å². The fraction of sp³-hybridized carbons (Fsp3) is 0.308. The van der Waals surface area contributed by atoms with Gasteiger partial charge in [0.25, 0.3) is 0 Å². The fourth-order valence-electron chi connectivity index (χ4n) is 1.87. The van der Waals surface area contributed by atoms with Crippen molar-refractivity contribution in [3.8, 4) is 0 Å². The molecule has 2 aromatic rings. The number of nitrogens with zero attached hydrogens (tertiary/aromatic N) is 1. The third kappa shape index (κ3) is 2.86. The van der Waals surface area contributed by atoms with Crippen LogP contribution >= 0.6 is 23.2 Å². The van der Waals surface area contributed by atoms with Gasteiger partial charge in [-0.05, 0) is 31.5 Å². The quantitative estimate of drug-likeness (QED) is 0.808. The Labute approximate surface area is 122 Å². The van der Waals surface area contributed by atoms with Gasteiger partial charge in [0, 0.05) is 22.5 Å². The van der Waals surface area contributed by atoms with Gasteiger partial charge in [0.2, 0.25) is 0 Å². The zero-order valence-electron chi connectivity index (χ0n) is 10.3. The van der Waals surface area contributed by atoms with Gasteiger partial charge in [0.05, 0.1) is 15.7 Å². The van der Waals surface area contributed by atoms with Crippen LogP contribution in [0.15, 0.2) is 35.4 Å². The van der Waals surface area contributed by atoms with Crippen molar-refractivity contribution < 1.29 is 8.42 Å². The summed E-state index contributed by atoms with van der Waals surface area (Å²) in [4.78, 5) is 4.43. The van der Waals surface area contributed by atoms with Crippen LogP contribution in [0, 0.1) is 0 Å². The van der Waals surface area contributed by atoms with Gasteiger partial charge < -0.3 is 0 Å². The second-order valence-electron chi connectivity index (χ2n) is 4.30. The first kappa shape index (κ1) is 14.6. The number of hydrogen-bond donors (Lipinski definition) is 0. The molecule has 19 heavy (non-hydrogen) atoms. The van der Waals surface area contributed by atoms with Crippen LogP contribution in [-0.4, -0.2) is 24.5 Å². The van der Waals surface area contributed by atoms with Crippen molar-refractivity contribution in [3.63, 3.8) is 0 Å². The predicted octanol–water partition coefficient (Wildman–Crippen LogP) is 3.68. The molecular formula is C13H13Cl2NO2S. The third-order valence-electron chi connectivity index (χ3n) is 3.02. The van der Waals surface area contributed by atoms with E-state index >= 15 is 0 Å². The molecule has 1 aromatic carbocycles. The van der Waals surface area contributed by atoms with Crippen molar-refractivity contribution in [1.29, 1.82) is 0 Å². The van der Waals surface area contributed by atoms with Gasteiger partial charge in [-0.3, -0.25) is 4.98 Å². The molecule has 0 fully saturated rings. The molecule has 6 heteroatoms. The van der Waals surface area contributed by atoms with Crippen LogP contribution in [0.5, 0.6) is 0 Å². The highest BCUT2D eigenvalue weighted by atomic mass is 35.5. The number of pyridine rings is 1. The molecule has 0 radical (unpaired) electrons. The summed E-state index contributed by atoms with van der Waals surface area (Å²) in [6.07, 6.45) is 1.90. The number of alkyl halides is 1. The van der Waals surface area contributed by atoms with Crippen LogP contribution in [-0.2, 0) is 9.84 Å². The summed E-state index contributed by atoms with van der Waals surface area (Å²) in [6.45, 7) is 1.67. The van der Waals surface area contributed by atoms with Crippen LogP contribution in [0.25, 0.3) is 10.9 Å². The first-order chi connectivity index (χ1) is 8.96. The van der Waals surface area contributed by atoms with Crippen LogP contribution in [0.2, 0.25) is 5.02 Å². The van der Waals surface area contributed by atoms with Gasteiger partial charge in [-0.15, -0.1) is 11.6 Å². The minimum Gasteiger partial charge on any atom is -0.256 e. The SMILES string of the molecule is CC(CCCl)S(=O)(=O)c1ccnc2cc(Cl)ccc12. The maximum absolute atomic E-state index is 12.5. The first-order valence-electron chi connectivity index (χ1n) is 5.81. The monoisotopic (exact) mass is 317 g/mol. The Morgan fingerprint density at radius 1 is 1.32 bits per heavy atom. The van der Waals surface area contributed by atoms with E-state index in [4.69, 9.17) is 23.2 Å². The van der Waals surface area contributed by atoms with Crippen molar-refractivity contribution in [2.75, 3.05) is 5.88 Å². The van der Waals surface area contributed by atoms with E-state index < -0.39 is 15.1 Å². The average molecular weight is 318 g/mol. The van der Waals surface area contributed by atoms with E-state index in [1.165, 1.54) is 12.3 Å². The molecule has 0 amide bonds. The molecule has 0 aliphatic heterocycles. The van der Waals surface area contributed by atoms with Gasteiger partial charge in [-0.2, -0.15) is 0 Å². The summed E-state index contributed by atoms with van der Waals surface area (Å²) in [6, 6.07) is 6.53. The molecule has 2 rings (SSSR count). The number of aromatic nitrogens is 1. The normalized spacial score (nSPS) is 13.6. The second kappa shape index (κ2) is 5.65.